The predicted octanol–water partition coefficient (Wildman–Crippen LogP) is 1.67. The molecular formula is C12H13ClFN3O3S. The average Bonchev–Trinajstić information content (AvgIpc) is 2.94. The molecule has 9 heteroatoms. The van der Waals surface area contributed by atoms with Crippen LogP contribution in [0, 0.1) is 5.82 Å². The lowest BCUT2D eigenvalue weighted by molar-refractivity contribution is 0.411. The van der Waals surface area contributed by atoms with Crippen LogP contribution in [-0.4, -0.2) is 20.6 Å². The summed E-state index contributed by atoms with van der Waals surface area (Å²) in [7, 11) is -2.43. The van der Waals surface area contributed by atoms with Crippen molar-refractivity contribution in [1.29, 1.82) is 0 Å². The molecule has 0 fully saturated rings. The Hall–Kier alpha value is -1.48. The van der Waals surface area contributed by atoms with Crippen LogP contribution in [0.5, 0.6) is 0 Å². The Kier molecular flexibility index (Phi) is 4.94. The summed E-state index contributed by atoms with van der Waals surface area (Å²) in [4.78, 5) is -0.497. The highest BCUT2D eigenvalue weighted by Gasteiger charge is 2.22. The molecule has 0 saturated heterocycles. The van der Waals surface area contributed by atoms with Gasteiger partial charge in [0.1, 0.15) is 17.0 Å². The molecule has 114 valence electrons. The number of rotatable bonds is 6. The van der Waals surface area contributed by atoms with Crippen LogP contribution in [-0.2, 0) is 23.1 Å². The lowest BCUT2D eigenvalue weighted by atomic mass is 10.2. The summed E-state index contributed by atoms with van der Waals surface area (Å²) in [5.41, 5.74) is 0.559. The highest BCUT2D eigenvalue weighted by atomic mass is 35.5. The zero-order valence-corrected chi connectivity index (χ0v) is 12.6. The number of benzene rings is 1. The molecule has 0 radical (unpaired) electrons. The molecule has 0 unspecified atom stereocenters. The predicted molar refractivity (Wildman–Crippen MR) is 74.7 cm³/mol. The van der Waals surface area contributed by atoms with E-state index in [-0.39, 0.29) is 23.7 Å². The Bertz CT molecular complexity index is 720. The van der Waals surface area contributed by atoms with Gasteiger partial charge in [-0.2, -0.15) is 0 Å². The molecule has 0 saturated carbocycles. The van der Waals surface area contributed by atoms with Crippen LogP contribution in [0.15, 0.2) is 33.9 Å². The van der Waals surface area contributed by atoms with Gasteiger partial charge in [-0.3, -0.25) is 0 Å². The van der Waals surface area contributed by atoms with Crippen LogP contribution in [0.25, 0.3) is 0 Å². The van der Waals surface area contributed by atoms with Crippen molar-refractivity contribution < 1.29 is 17.3 Å². The van der Waals surface area contributed by atoms with Gasteiger partial charge in [-0.15, -0.1) is 0 Å². The SMILES string of the molecule is CNCc1cc(Cl)cc(S(=O)(=O)NCc2ccon2)c1F. The third-order valence-electron chi connectivity index (χ3n) is 2.67. The Labute approximate surface area is 126 Å². The molecule has 1 aromatic carbocycles. The largest absolute Gasteiger partial charge is 0.364 e. The van der Waals surface area contributed by atoms with Gasteiger partial charge in [-0.25, -0.2) is 17.5 Å². The second-order valence-corrected chi connectivity index (χ2v) is 6.39. The lowest BCUT2D eigenvalue weighted by Crippen LogP contribution is -2.25. The summed E-state index contributed by atoms with van der Waals surface area (Å²) in [6.07, 6.45) is 1.31. The van der Waals surface area contributed by atoms with E-state index in [4.69, 9.17) is 11.6 Å². The van der Waals surface area contributed by atoms with E-state index in [1.807, 2.05) is 0 Å². The van der Waals surface area contributed by atoms with E-state index in [1.54, 1.807) is 7.05 Å². The van der Waals surface area contributed by atoms with E-state index in [0.717, 1.165) is 6.07 Å². The number of aromatic nitrogens is 1. The number of hydrogen-bond donors (Lipinski definition) is 2. The van der Waals surface area contributed by atoms with Gasteiger partial charge in [-0.05, 0) is 19.2 Å². The standard InChI is InChI=1S/C12H13ClFN3O3S/c1-15-6-8-4-9(13)5-11(12(8)14)21(18,19)16-7-10-2-3-20-17-10/h2-5,15-16H,6-7H2,1H3. The minimum atomic E-state index is -4.05. The topological polar surface area (TPSA) is 84.2 Å². The number of nitrogens with one attached hydrogen (secondary N) is 2. The van der Waals surface area contributed by atoms with Crippen LogP contribution >= 0.6 is 11.6 Å². The summed E-state index contributed by atoms with van der Waals surface area (Å²) in [6, 6.07) is 3.95. The quantitative estimate of drug-likeness (QED) is 0.840. The van der Waals surface area contributed by atoms with Gasteiger partial charge in [-0.1, -0.05) is 16.8 Å². The van der Waals surface area contributed by atoms with Gasteiger partial charge in [0.15, 0.2) is 0 Å². The first-order valence-electron chi connectivity index (χ1n) is 5.95. The third kappa shape index (κ3) is 3.79. The first kappa shape index (κ1) is 15.9. The first-order valence-corrected chi connectivity index (χ1v) is 7.81. The van der Waals surface area contributed by atoms with Crippen LogP contribution in [0.1, 0.15) is 11.3 Å². The minimum Gasteiger partial charge on any atom is -0.364 e. The highest BCUT2D eigenvalue weighted by molar-refractivity contribution is 7.89. The van der Waals surface area contributed by atoms with Crippen LogP contribution in [0.4, 0.5) is 4.39 Å². The second-order valence-electron chi connectivity index (χ2n) is 4.22. The van der Waals surface area contributed by atoms with E-state index in [9.17, 15) is 12.8 Å². The molecule has 0 amide bonds. The van der Waals surface area contributed by atoms with E-state index < -0.39 is 20.7 Å². The van der Waals surface area contributed by atoms with Crippen molar-refractivity contribution in [1.82, 2.24) is 15.2 Å². The van der Waals surface area contributed by atoms with E-state index in [2.05, 4.69) is 19.7 Å². The Balaban J connectivity index is 2.30. The van der Waals surface area contributed by atoms with Gasteiger partial charge in [0.25, 0.3) is 0 Å². The van der Waals surface area contributed by atoms with Crippen molar-refractivity contribution in [2.45, 2.75) is 18.0 Å². The van der Waals surface area contributed by atoms with Crippen LogP contribution in [0.2, 0.25) is 5.02 Å². The second kappa shape index (κ2) is 6.52. The summed E-state index contributed by atoms with van der Waals surface area (Å²) in [5, 5.41) is 6.46. The zero-order chi connectivity index (χ0) is 15.5. The van der Waals surface area contributed by atoms with Gasteiger partial charge in [0, 0.05) is 23.2 Å². The number of nitrogens with zero attached hydrogens (tertiary/aromatic N) is 1. The fraction of sp³-hybridized carbons (Fsp3) is 0.250. The molecule has 1 heterocycles. The first-order chi connectivity index (χ1) is 9.94. The molecule has 6 nitrogen and oxygen atoms in total. The maximum absolute atomic E-state index is 14.2. The van der Waals surface area contributed by atoms with Gasteiger partial charge in [0.05, 0.1) is 12.2 Å². The number of sulfonamides is 1. The zero-order valence-electron chi connectivity index (χ0n) is 11.1. The molecule has 0 bridgehead atoms. The normalized spacial score (nSPS) is 11.8. The minimum absolute atomic E-state index is 0.105. The molecule has 2 N–H and O–H groups in total. The molecule has 2 rings (SSSR count). The summed E-state index contributed by atoms with van der Waals surface area (Å²) < 4.78 is 45.4. The molecule has 0 atom stereocenters. The van der Waals surface area contributed by atoms with Crippen LogP contribution in [0.3, 0.4) is 0 Å². The highest BCUT2D eigenvalue weighted by Crippen LogP contribution is 2.23. The van der Waals surface area contributed by atoms with Crippen molar-refractivity contribution >= 4 is 21.6 Å². The Morgan fingerprint density at radius 1 is 1.38 bits per heavy atom. The molecule has 1 aromatic heterocycles. The van der Waals surface area contributed by atoms with Gasteiger partial charge >= 0.3 is 0 Å². The molecule has 0 aliphatic carbocycles. The van der Waals surface area contributed by atoms with Crippen molar-refractivity contribution in [3.8, 4) is 0 Å². The van der Waals surface area contributed by atoms with Crippen molar-refractivity contribution in [2.24, 2.45) is 0 Å². The van der Waals surface area contributed by atoms with Gasteiger partial charge in [0.2, 0.25) is 10.0 Å². The Morgan fingerprint density at radius 3 is 2.76 bits per heavy atom. The maximum atomic E-state index is 14.2. The third-order valence-corrected chi connectivity index (χ3v) is 4.29. The van der Waals surface area contributed by atoms with Gasteiger partial charge < -0.3 is 9.84 Å². The maximum Gasteiger partial charge on any atom is 0.243 e. The smallest absolute Gasteiger partial charge is 0.243 e. The number of hydrogen-bond acceptors (Lipinski definition) is 5. The van der Waals surface area contributed by atoms with Crippen molar-refractivity contribution in [3.63, 3.8) is 0 Å². The summed E-state index contributed by atoms with van der Waals surface area (Å²) in [6.45, 7) is 0.0599. The summed E-state index contributed by atoms with van der Waals surface area (Å²) in [5.74, 6) is -0.832. The molecule has 21 heavy (non-hydrogen) atoms. The molecule has 2 aromatic rings. The van der Waals surface area contributed by atoms with E-state index in [1.165, 1.54) is 18.4 Å². The van der Waals surface area contributed by atoms with E-state index in [0.29, 0.717) is 5.69 Å². The molecule has 0 aliphatic heterocycles. The fourth-order valence-electron chi connectivity index (χ4n) is 1.71. The lowest BCUT2D eigenvalue weighted by Gasteiger charge is -2.10. The fourth-order valence-corrected chi connectivity index (χ4v) is 3.16. The van der Waals surface area contributed by atoms with Crippen LogP contribution < -0.4 is 10.0 Å². The van der Waals surface area contributed by atoms with E-state index >= 15 is 0 Å². The van der Waals surface area contributed by atoms with Crippen molar-refractivity contribution in [2.75, 3.05) is 7.05 Å². The Morgan fingerprint density at radius 2 is 2.14 bits per heavy atom. The number of halogens is 2. The monoisotopic (exact) mass is 333 g/mol. The summed E-state index contributed by atoms with van der Waals surface area (Å²) >= 11 is 5.85. The molecule has 0 aliphatic rings. The van der Waals surface area contributed by atoms with Crippen molar-refractivity contribution in [3.05, 3.63) is 46.6 Å². The molecular weight excluding hydrogens is 321 g/mol. The average molecular weight is 334 g/mol. The molecule has 0 spiro atoms.